The average molecular weight is 431 g/mol. The van der Waals surface area contributed by atoms with Crippen LogP contribution in [0.1, 0.15) is 45.7 Å². The molecule has 0 aliphatic carbocycles. The fourth-order valence-corrected chi connectivity index (χ4v) is 3.90. The lowest BCUT2D eigenvalue weighted by atomic mass is 10.1. The van der Waals surface area contributed by atoms with Crippen LogP contribution in [-0.2, 0) is 4.79 Å². The summed E-state index contributed by atoms with van der Waals surface area (Å²) in [5.74, 6) is -1.23. The van der Waals surface area contributed by atoms with Gasteiger partial charge < -0.3 is 10.1 Å². The van der Waals surface area contributed by atoms with E-state index >= 15 is 0 Å². The second kappa shape index (κ2) is 9.30. The molecule has 30 heavy (non-hydrogen) atoms. The highest BCUT2D eigenvalue weighted by Gasteiger charge is 2.42. The molecule has 0 saturated carbocycles. The zero-order chi connectivity index (χ0) is 21.8. The Morgan fingerprint density at radius 3 is 2.33 bits per heavy atom. The summed E-state index contributed by atoms with van der Waals surface area (Å²) in [5.41, 5.74) is 1.15. The predicted molar refractivity (Wildman–Crippen MR) is 113 cm³/mol. The van der Waals surface area contributed by atoms with Gasteiger partial charge in [-0.25, -0.2) is 4.39 Å². The number of rotatable bonds is 8. The van der Waals surface area contributed by atoms with E-state index < -0.39 is 35.6 Å². The molecule has 0 bridgehead atoms. The summed E-state index contributed by atoms with van der Waals surface area (Å²) in [7, 11) is 1.38. The SMILES string of the molecule is COc1ccc(C(C)NC(=O)C(CCSC)N2C(=O)c3ccccc3C2=O)cc1F. The van der Waals surface area contributed by atoms with Gasteiger partial charge in [-0.1, -0.05) is 18.2 Å². The smallest absolute Gasteiger partial charge is 0.262 e. The van der Waals surface area contributed by atoms with Gasteiger partial charge in [-0.2, -0.15) is 11.8 Å². The number of hydrogen-bond acceptors (Lipinski definition) is 5. The van der Waals surface area contributed by atoms with Crippen LogP contribution >= 0.6 is 11.8 Å². The highest BCUT2D eigenvalue weighted by atomic mass is 32.2. The first-order chi connectivity index (χ1) is 14.4. The van der Waals surface area contributed by atoms with Crippen LogP contribution in [0.15, 0.2) is 42.5 Å². The van der Waals surface area contributed by atoms with Gasteiger partial charge in [-0.3, -0.25) is 19.3 Å². The van der Waals surface area contributed by atoms with Gasteiger partial charge in [0.05, 0.1) is 24.3 Å². The first-order valence-electron chi connectivity index (χ1n) is 9.48. The number of methoxy groups -OCH3 is 1. The second-order valence-corrected chi connectivity index (χ2v) is 7.93. The van der Waals surface area contributed by atoms with Crippen LogP contribution in [0.2, 0.25) is 0 Å². The van der Waals surface area contributed by atoms with Gasteiger partial charge in [0.15, 0.2) is 11.6 Å². The Labute approximate surface area is 178 Å². The van der Waals surface area contributed by atoms with E-state index in [1.807, 2.05) is 6.26 Å². The van der Waals surface area contributed by atoms with E-state index in [-0.39, 0.29) is 5.75 Å². The zero-order valence-electron chi connectivity index (χ0n) is 17.0. The number of halogens is 1. The zero-order valence-corrected chi connectivity index (χ0v) is 17.8. The fourth-order valence-electron chi connectivity index (χ4n) is 3.44. The Kier molecular flexibility index (Phi) is 6.77. The van der Waals surface area contributed by atoms with Crippen molar-refractivity contribution in [3.05, 3.63) is 65.0 Å². The first-order valence-corrected chi connectivity index (χ1v) is 10.9. The number of nitrogens with one attached hydrogen (secondary N) is 1. The monoisotopic (exact) mass is 430 g/mol. The van der Waals surface area contributed by atoms with Gasteiger partial charge >= 0.3 is 0 Å². The van der Waals surface area contributed by atoms with E-state index in [1.54, 1.807) is 37.3 Å². The van der Waals surface area contributed by atoms with Crippen molar-refractivity contribution in [1.29, 1.82) is 0 Å². The highest BCUT2D eigenvalue weighted by molar-refractivity contribution is 7.98. The molecule has 0 saturated heterocycles. The molecule has 0 radical (unpaired) electrons. The third-order valence-electron chi connectivity index (χ3n) is 5.07. The molecule has 1 N–H and O–H groups in total. The van der Waals surface area contributed by atoms with E-state index in [4.69, 9.17) is 4.74 Å². The van der Waals surface area contributed by atoms with Gasteiger partial charge in [0, 0.05) is 0 Å². The van der Waals surface area contributed by atoms with Crippen molar-refractivity contribution in [2.75, 3.05) is 19.1 Å². The molecule has 8 heteroatoms. The topological polar surface area (TPSA) is 75.7 Å². The molecule has 2 aromatic rings. The summed E-state index contributed by atoms with van der Waals surface area (Å²) in [6, 6.07) is 9.51. The van der Waals surface area contributed by atoms with Crippen molar-refractivity contribution in [2.24, 2.45) is 0 Å². The number of benzene rings is 2. The lowest BCUT2D eigenvalue weighted by Gasteiger charge is -2.27. The number of imide groups is 1. The van der Waals surface area contributed by atoms with Crippen molar-refractivity contribution in [3.8, 4) is 5.75 Å². The van der Waals surface area contributed by atoms with Crippen LogP contribution < -0.4 is 10.1 Å². The molecule has 3 amide bonds. The molecule has 0 fully saturated rings. The van der Waals surface area contributed by atoms with E-state index in [1.165, 1.54) is 31.0 Å². The van der Waals surface area contributed by atoms with Gasteiger partial charge in [-0.05, 0) is 55.2 Å². The molecule has 1 heterocycles. The van der Waals surface area contributed by atoms with Crippen LogP contribution in [0.5, 0.6) is 5.75 Å². The summed E-state index contributed by atoms with van der Waals surface area (Å²) in [6.45, 7) is 1.72. The minimum absolute atomic E-state index is 0.112. The molecular weight excluding hydrogens is 407 g/mol. The Hall–Kier alpha value is -2.87. The van der Waals surface area contributed by atoms with Crippen molar-refractivity contribution in [1.82, 2.24) is 10.2 Å². The molecule has 2 aromatic carbocycles. The molecule has 0 spiro atoms. The summed E-state index contributed by atoms with van der Waals surface area (Å²) in [5, 5.41) is 2.81. The van der Waals surface area contributed by atoms with Crippen LogP contribution in [0.3, 0.4) is 0 Å². The van der Waals surface area contributed by atoms with E-state index in [0.29, 0.717) is 28.9 Å². The van der Waals surface area contributed by atoms with Crippen LogP contribution in [0.25, 0.3) is 0 Å². The van der Waals surface area contributed by atoms with Crippen molar-refractivity contribution < 1.29 is 23.5 Å². The number of nitrogens with zero attached hydrogens (tertiary/aromatic N) is 1. The first kappa shape index (κ1) is 21.8. The Morgan fingerprint density at radius 2 is 1.80 bits per heavy atom. The van der Waals surface area contributed by atoms with Gasteiger partial charge in [0.2, 0.25) is 5.91 Å². The van der Waals surface area contributed by atoms with Crippen molar-refractivity contribution in [2.45, 2.75) is 25.4 Å². The van der Waals surface area contributed by atoms with Gasteiger partial charge in [0.25, 0.3) is 11.8 Å². The van der Waals surface area contributed by atoms with Crippen LogP contribution in [-0.4, -0.2) is 47.8 Å². The van der Waals surface area contributed by atoms with Crippen LogP contribution in [0.4, 0.5) is 4.39 Å². The number of carbonyl (C=O) groups excluding carboxylic acids is 3. The van der Waals surface area contributed by atoms with E-state index in [0.717, 1.165) is 4.90 Å². The number of fused-ring (bicyclic) bond motifs is 1. The summed E-state index contributed by atoms with van der Waals surface area (Å²) in [6.07, 6.45) is 2.21. The molecular formula is C22H23FN2O4S. The second-order valence-electron chi connectivity index (χ2n) is 6.95. The Morgan fingerprint density at radius 1 is 1.17 bits per heavy atom. The molecule has 0 aromatic heterocycles. The number of carbonyl (C=O) groups is 3. The normalized spacial score (nSPS) is 15.0. The molecule has 6 nitrogen and oxygen atoms in total. The highest BCUT2D eigenvalue weighted by Crippen LogP contribution is 2.27. The van der Waals surface area contributed by atoms with Gasteiger partial charge in [0.1, 0.15) is 6.04 Å². The standard InChI is InChI=1S/C22H23FN2O4S/c1-13(14-8-9-19(29-2)17(23)12-14)24-20(26)18(10-11-30-3)25-21(27)15-6-4-5-7-16(15)22(25)28/h4-9,12-13,18H,10-11H2,1-3H3,(H,24,26). The molecule has 1 aliphatic heterocycles. The van der Waals surface area contributed by atoms with Crippen molar-refractivity contribution in [3.63, 3.8) is 0 Å². The fraction of sp³-hybridized carbons (Fsp3) is 0.318. The minimum atomic E-state index is -0.949. The van der Waals surface area contributed by atoms with Crippen molar-refractivity contribution >= 4 is 29.5 Å². The minimum Gasteiger partial charge on any atom is -0.494 e. The molecule has 158 valence electrons. The summed E-state index contributed by atoms with van der Waals surface area (Å²) >= 11 is 1.52. The largest absolute Gasteiger partial charge is 0.494 e. The maximum atomic E-state index is 14.0. The lowest BCUT2D eigenvalue weighted by molar-refractivity contribution is -0.125. The number of hydrogen-bond donors (Lipinski definition) is 1. The lowest BCUT2D eigenvalue weighted by Crippen LogP contribution is -2.50. The third kappa shape index (κ3) is 4.18. The maximum Gasteiger partial charge on any atom is 0.262 e. The van der Waals surface area contributed by atoms with E-state index in [2.05, 4.69) is 5.32 Å². The molecule has 2 unspecified atom stereocenters. The average Bonchev–Trinajstić information content (AvgIpc) is 2.99. The molecule has 1 aliphatic rings. The predicted octanol–water partition coefficient (Wildman–Crippen LogP) is 3.43. The number of ether oxygens (including phenoxy) is 1. The van der Waals surface area contributed by atoms with Gasteiger partial charge in [-0.15, -0.1) is 0 Å². The number of amides is 3. The maximum absolute atomic E-state index is 14.0. The third-order valence-corrected chi connectivity index (χ3v) is 5.71. The molecule has 3 rings (SSSR count). The summed E-state index contributed by atoms with van der Waals surface area (Å²) < 4.78 is 19.0. The number of thioether (sulfide) groups is 1. The quantitative estimate of drug-likeness (QED) is 0.650. The molecule has 2 atom stereocenters. The van der Waals surface area contributed by atoms with E-state index in [9.17, 15) is 18.8 Å². The Balaban J connectivity index is 1.82. The Bertz CT molecular complexity index is 946. The van der Waals surface area contributed by atoms with Crippen LogP contribution in [0, 0.1) is 5.82 Å². The summed E-state index contributed by atoms with van der Waals surface area (Å²) in [4.78, 5) is 39.8.